The summed E-state index contributed by atoms with van der Waals surface area (Å²) in [5.41, 5.74) is 6.06. The van der Waals surface area contributed by atoms with E-state index in [4.69, 9.17) is 5.73 Å². The van der Waals surface area contributed by atoms with E-state index in [2.05, 4.69) is 6.58 Å². The van der Waals surface area contributed by atoms with E-state index >= 15 is 0 Å². The summed E-state index contributed by atoms with van der Waals surface area (Å²) in [6.07, 6.45) is 2.19. The average Bonchev–Trinajstić information content (AvgIpc) is 2.41. The van der Waals surface area contributed by atoms with E-state index in [1.807, 2.05) is 6.92 Å². The summed E-state index contributed by atoms with van der Waals surface area (Å²) in [6, 6.07) is 2.71. The van der Waals surface area contributed by atoms with E-state index in [0.29, 0.717) is 18.5 Å². The number of hydrogen-bond acceptors (Lipinski definition) is 3. The van der Waals surface area contributed by atoms with Gasteiger partial charge in [-0.15, -0.1) is 6.58 Å². The zero-order valence-corrected chi connectivity index (χ0v) is 12.7. The number of sulfonamides is 1. The third-order valence-corrected chi connectivity index (χ3v) is 5.01. The Morgan fingerprint density at radius 1 is 1.45 bits per heavy atom. The predicted octanol–water partition coefficient (Wildman–Crippen LogP) is 2.18. The fourth-order valence-electron chi connectivity index (χ4n) is 1.93. The summed E-state index contributed by atoms with van der Waals surface area (Å²) in [4.78, 5) is -0.0201. The molecule has 0 unspecified atom stereocenters. The zero-order valence-electron chi connectivity index (χ0n) is 11.9. The van der Waals surface area contributed by atoms with Gasteiger partial charge in [-0.2, -0.15) is 4.31 Å². The first-order valence-electron chi connectivity index (χ1n) is 6.48. The molecule has 0 aliphatic rings. The number of nitrogens with zero attached hydrogens (tertiary/aromatic N) is 1. The molecule has 0 bridgehead atoms. The Labute approximate surface area is 120 Å². The summed E-state index contributed by atoms with van der Waals surface area (Å²) < 4.78 is 40.4. The fourth-order valence-corrected chi connectivity index (χ4v) is 3.72. The van der Waals surface area contributed by atoms with E-state index in [1.165, 1.54) is 29.4 Å². The minimum absolute atomic E-state index is 0.0201. The Balaban J connectivity index is 3.39. The van der Waals surface area contributed by atoms with Gasteiger partial charge in [-0.05, 0) is 31.0 Å². The first-order valence-corrected chi connectivity index (χ1v) is 7.92. The van der Waals surface area contributed by atoms with Gasteiger partial charge in [-0.3, -0.25) is 0 Å². The van der Waals surface area contributed by atoms with Gasteiger partial charge in [0.2, 0.25) is 10.0 Å². The monoisotopic (exact) mass is 300 g/mol. The van der Waals surface area contributed by atoms with Crippen LogP contribution in [0.15, 0.2) is 29.7 Å². The van der Waals surface area contributed by atoms with Crippen molar-refractivity contribution in [3.8, 4) is 0 Å². The second kappa shape index (κ2) is 6.97. The minimum atomic E-state index is -3.74. The minimum Gasteiger partial charge on any atom is -0.326 e. The van der Waals surface area contributed by atoms with Crippen LogP contribution in [0.1, 0.15) is 24.5 Å². The summed E-state index contributed by atoms with van der Waals surface area (Å²) in [7, 11) is -3.74. The highest BCUT2D eigenvalue weighted by atomic mass is 32.2. The van der Waals surface area contributed by atoms with Gasteiger partial charge in [0.1, 0.15) is 5.82 Å². The van der Waals surface area contributed by atoms with E-state index in [0.717, 1.165) is 0 Å². The molecule has 112 valence electrons. The van der Waals surface area contributed by atoms with Gasteiger partial charge in [0.25, 0.3) is 0 Å². The van der Waals surface area contributed by atoms with Gasteiger partial charge in [-0.25, -0.2) is 12.8 Å². The summed E-state index contributed by atoms with van der Waals surface area (Å²) in [5, 5.41) is 0. The van der Waals surface area contributed by atoms with E-state index in [9.17, 15) is 12.8 Å². The molecule has 0 heterocycles. The number of hydrogen-bond donors (Lipinski definition) is 1. The molecule has 0 aliphatic carbocycles. The lowest BCUT2D eigenvalue weighted by molar-refractivity contribution is 0.440. The van der Waals surface area contributed by atoms with Gasteiger partial charge in [0.15, 0.2) is 0 Å². The molecule has 1 aromatic rings. The normalized spacial score (nSPS) is 11.8. The third-order valence-electron chi connectivity index (χ3n) is 3.02. The van der Waals surface area contributed by atoms with E-state index < -0.39 is 15.8 Å². The van der Waals surface area contributed by atoms with Crippen molar-refractivity contribution in [2.75, 3.05) is 13.1 Å². The molecule has 0 fully saturated rings. The molecule has 2 N–H and O–H groups in total. The summed E-state index contributed by atoms with van der Waals surface area (Å²) in [5.74, 6) is -0.554. The number of nitrogens with two attached hydrogens (primary N) is 1. The number of rotatable bonds is 7. The van der Waals surface area contributed by atoms with Crippen molar-refractivity contribution >= 4 is 10.0 Å². The van der Waals surface area contributed by atoms with Crippen LogP contribution < -0.4 is 5.73 Å². The van der Waals surface area contributed by atoms with Crippen molar-refractivity contribution in [1.82, 2.24) is 4.31 Å². The average molecular weight is 300 g/mol. The topological polar surface area (TPSA) is 63.4 Å². The van der Waals surface area contributed by atoms with Crippen LogP contribution in [0.25, 0.3) is 0 Å². The molecule has 0 spiro atoms. The first kappa shape index (κ1) is 16.8. The quantitative estimate of drug-likeness (QED) is 0.785. The highest BCUT2D eigenvalue weighted by Gasteiger charge is 2.26. The van der Waals surface area contributed by atoms with E-state index in [1.54, 1.807) is 0 Å². The Morgan fingerprint density at radius 3 is 2.60 bits per heavy atom. The standard InChI is InChI=1S/C14H21FN2O2S/c1-4-6-17(7-5-2)20(18,19)14-9-12(10-16)8-13(15)11(14)3/h4,8-9H,1,5-7,10,16H2,2-3H3. The molecule has 20 heavy (non-hydrogen) atoms. The maximum Gasteiger partial charge on any atom is 0.243 e. The molecule has 0 aliphatic heterocycles. The van der Waals surface area contributed by atoms with Crippen molar-refractivity contribution in [3.05, 3.63) is 41.7 Å². The third kappa shape index (κ3) is 3.45. The van der Waals surface area contributed by atoms with Gasteiger partial charge >= 0.3 is 0 Å². The molecular weight excluding hydrogens is 279 g/mol. The highest BCUT2D eigenvalue weighted by Crippen LogP contribution is 2.24. The molecule has 6 heteroatoms. The Bertz CT molecular complexity index is 585. The number of benzene rings is 1. The Kier molecular flexibility index (Phi) is 5.86. The van der Waals surface area contributed by atoms with Crippen molar-refractivity contribution in [2.45, 2.75) is 31.7 Å². The van der Waals surface area contributed by atoms with Crippen molar-refractivity contribution < 1.29 is 12.8 Å². The second-order valence-corrected chi connectivity index (χ2v) is 6.46. The molecular formula is C14H21FN2O2S. The predicted molar refractivity (Wildman–Crippen MR) is 78.3 cm³/mol. The van der Waals surface area contributed by atoms with Gasteiger partial charge in [-0.1, -0.05) is 13.0 Å². The largest absolute Gasteiger partial charge is 0.326 e. The van der Waals surface area contributed by atoms with Crippen molar-refractivity contribution in [1.29, 1.82) is 0 Å². The molecule has 1 aromatic carbocycles. The molecule has 0 saturated heterocycles. The smallest absolute Gasteiger partial charge is 0.243 e. The van der Waals surface area contributed by atoms with Crippen LogP contribution in [0.3, 0.4) is 0 Å². The Hall–Kier alpha value is -1.24. The first-order chi connectivity index (χ1) is 9.38. The molecule has 0 radical (unpaired) electrons. The fraction of sp³-hybridized carbons (Fsp3) is 0.429. The Morgan fingerprint density at radius 2 is 2.10 bits per heavy atom. The van der Waals surface area contributed by atoms with Crippen LogP contribution >= 0.6 is 0 Å². The second-order valence-electron chi connectivity index (χ2n) is 4.56. The van der Waals surface area contributed by atoms with Crippen molar-refractivity contribution in [3.63, 3.8) is 0 Å². The van der Waals surface area contributed by atoms with Crippen LogP contribution in [0.4, 0.5) is 4.39 Å². The molecule has 1 rings (SSSR count). The van der Waals surface area contributed by atoms with E-state index in [-0.39, 0.29) is 23.5 Å². The SMILES string of the molecule is C=CCN(CCC)S(=O)(=O)c1cc(CN)cc(F)c1C. The lowest BCUT2D eigenvalue weighted by Gasteiger charge is -2.21. The molecule has 0 saturated carbocycles. The summed E-state index contributed by atoms with van der Waals surface area (Å²) >= 11 is 0. The van der Waals surface area contributed by atoms with Crippen molar-refractivity contribution in [2.24, 2.45) is 5.73 Å². The molecule has 0 aromatic heterocycles. The highest BCUT2D eigenvalue weighted by molar-refractivity contribution is 7.89. The maximum atomic E-state index is 13.8. The van der Waals surface area contributed by atoms with Crippen LogP contribution in [-0.4, -0.2) is 25.8 Å². The van der Waals surface area contributed by atoms with Crippen LogP contribution in [-0.2, 0) is 16.6 Å². The maximum absolute atomic E-state index is 13.8. The zero-order chi connectivity index (χ0) is 15.3. The van der Waals surface area contributed by atoms with Gasteiger partial charge in [0, 0.05) is 25.2 Å². The van der Waals surface area contributed by atoms with Gasteiger partial charge in [0.05, 0.1) is 4.90 Å². The van der Waals surface area contributed by atoms with Crippen LogP contribution in [0, 0.1) is 12.7 Å². The van der Waals surface area contributed by atoms with Crippen LogP contribution in [0.5, 0.6) is 0 Å². The van der Waals surface area contributed by atoms with Crippen LogP contribution in [0.2, 0.25) is 0 Å². The molecule has 0 atom stereocenters. The lowest BCUT2D eigenvalue weighted by atomic mass is 10.1. The lowest BCUT2D eigenvalue weighted by Crippen LogP contribution is -2.32. The number of halogens is 1. The molecule has 0 amide bonds. The summed E-state index contributed by atoms with van der Waals surface area (Å²) in [6.45, 7) is 7.56. The molecule has 4 nitrogen and oxygen atoms in total. The van der Waals surface area contributed by atoms with Gasteiger partial charge < -0.3 is 5.73 Å².